The Morgan fingerprint density at radius 1 is 1.47 bits per heavy atom. The molecule has 3 rings (SSSR count). The summed E-state index contributed by atoms with van der Waals surface area (Å²) in [5.41, 5.74) is 1.22. The van der Waals surface area contributed by atoms with Crippen molar-refractivity contribution < 1.29 is 14.3 Å². The Morgan fingerprint density at radius 2 is 2.35 bits per heavy atom. The van der Waals surface area contributed by atoms with E-state index < -0.39 is 5.97 Å². The Kier molecular flexibility index (Phi) is 2.48. The van der Waals surface area contributed by atoms with Gasteiger partial charge in [0, 0.05) is 4.88 Å². The van der Waals surface area contributed by atoms with Gasteiger partial charge in [-0.05, 0) is 31.4 Å². The number of hydrogen-bond donors (Lipinski definition) is 1. The Balaban J connectivity index is 1.79. The molecule has 0 amide bonds. The van der Waals surface area contributed by atoms with E-state index in [4.69, 9.17) is 9.52 Å². The maximum atomic E-state index is 10.7. The van der Waals surface area contributed by atoms with Crippen molar-refractivity contribution in [3.05, 3.63) is 39.2 Å². The van der Waals surface area contributed by atoms with Crippen LogP contribution in [0, 0.1) is 0 Å². The van der Waals surface area contributed by atoms with Crippen molar-refractivity contribution in [1.82, 2.24) is 4.98 Å². The van der Waals surface area contributed by atoms with E-state index in [1.165, 1.54) is 23.1 Å². The first-order valence-electron chi connectivity index (χ1n) is 5.52. The van der Waals surface area contributed by atoms with E-state index in [0.29, 0.717) is 12.2 Å². The summed E-state index contributed by atoms with van der Waals surface area (Å²) in [7, 11) is 0. The van der Waals surface area contributed by atoms with Crippen LogP contribution in [0.15, 0.2) is 16.5 Å². The number of aryl methyl sites for hydroxylation is 2. The number of carboxylic acids is 1. The van der Waals surface area contributed by atoms with Crippen LogP contribution in [0.25, 0.3) is 0 Å². The Hall–Kier alpha value is -1.62. The van der Waals surface area contributed by atoms with Gasteiger partial charge in [0.05, 0.1) is 12.1 Å². The fourth-order valence-corrected chi connectivity index (χ4v) is 3.22. The molecule has 0 fully saturated rings. The van der Waals surface area contributed by atoms with Crippen LogP contribution >= 0.6 is 11.3 Å². The highest BCUT2D eigenvalue weighted by molar-refractivity contribution is 7.11. The number of thiazole rings is 1. The molecule has 0 aromatic carbocycles. The van der Waals surface area contributed by atoms with Crippen molar-refractivity contribution in [1.29, 1.82) is 0 Å². The molecular weight excluding hydrogens is 238 g/mol. The standard InChI is InChI=1S/C12H11NO3S/c14-12(15)9-5-4-7(16-9)6-11-13-8-2-1-3-10(8)17-11/h4-5H,1-3,6H2,(H,14,15). The smallest absolute Gasteiger partial charge is 0.371 e. The maximum Gasteiger partial charge on any atom is 0.371 e. The summed E-state index contributed by atoms with van der Waals surface area (Å²) >= 11 is 1.72. The molecule has 5 heteroatoms. The van der Waals surface area contributed by atoms with Gasteiger partial charge in [0.2, 0.25) is 5.76 Å². The molecule has 0 aliphatic heterocycles. The van der Waals surface area contributed by atoms with Crippen LogP contribution in [0.3, 0.4) is 0 Å². The topological polar surface area (TPSA) is 63.3 Å². The highest BCUT2D eigenvalue weighted by Crippen LogP contribution is 2.28. The van der Waals surface area contributed by atoms with Crippen molar-refractivity contribution in [2.24, 2.45) is 0 Å². The van der Waals surface area contributed by atoms with Crippen LogP contribution in [0.2, 0.25) is 0 Å². The van der Waals surface area contributed by atoms with Crippen LogP contribution in [-0.2, 0) is 19.3 Å². The van der Waals surface area contributed by atoms with Crippen LogP contribution in [0.4, 0.5) is 0 Å². The van der Waals surface area contributed by atoms with Crippen molar-refractivity contribution in [2.75, 3.05) is 0 Å². The quantitative estimate of drug-likeness (QED) is 0.907. The zero-order valence-electron chi connectivity index (χ0n) is 9.10. The minimum Gasteiger partial charge on any atom is -0.475 e. The van der Waals surface area contributed by atoms with E-state index in [1.54, 1.807) is 17.4 Å². The first kappa shape index (κ1) is 10.5. The molecule has 0 saturated heterocycles. The molecule has 0 spiro atoms. The number of carboxylic acid groups (broad SMARTS) is 1. The molecule has 0 radical (unpaired) electrons. The summed E-state index contributed by atoms with van der Waals surface area (Å²) in [5.74, 6) is -0.378. The highest BCUT2D eigenvalue weighted by Gasteiger charge is 2.17. The molecule has 88 valence electrons. The Labute approximate surface area is 102 Å². The van der Waals surface area contributed by atoms with Crippen molar-refractivity contribution >= 4 is 17.3 Å². The molecule has 4 nitrogen and oxygen atoms in total. The molecule has 1 aliphatic carbocycles. The largest absolute Gasteiger partial charge is 0.475 e. The molecule has 1 aliphatic rings. The maximum absolute atomic E-state index is 10.7. The zero-order valence-corrected chi connectivity index (χ0v) is 9.92. The van der Waals surface area contributed by atoms with Gasteiger partial charge in [-0.1, -0.05) is 0 Å². The summed E-state index contributed by atoms with van der Waals surface area (Å²) in [6, 6.07) is 3.19. The monoisotopic (exact) mass is 249 g/mol. The van der Waals surface area contributed by atoms with Crippen LogP contribution < -0.4 is 0 Å². The van der Waals surface area contributed by atoms with Gasteiger partial charge in [-0.2, -0.15) is 0 Å². The summed E-state index contributed by atoms with van der Waals surface area (Å²) in [6.45, 7) is 0. The molecule has 0 unspecified atom stereocenters. The second-order valence-corrected chi connectivity index (χ2v) is 5.25. The van der Waals surface area contributed by atoms with Gasteiger partial charge in [-0.25, -0.2) is 9.78 Å². The molecule has 17 heavy (non-hydrogen) atoms. The fraction of sp³-hybridized carbons (Fsp3) is 0.333. The third kappa shape index (κ3) is 1.98. The van der Waals surface area contributed by atoms with Gasteiger partial charge >= 0.3 is 5.97 Å². The first-order valence-corrected chi connectivity index (χ1v) is 6.33. The Bertz CT molecular complexity index is 549. The molecule has 2 aromatic rings. The van der Waals surface area contributed by atoms with Gasteiger partial charge < -0.3 is 9.52 Å². The van der Waals surface area contributed by atoms with Crippen LogP contribution in [0.5, 0.6) is 0 Å². The van der Waals surface area contributed by atoms with E-state index in [2.05, 4.69) is 4.98 Å². The number of furan rings is 1. The lowest BCUT2D eigenvalue weighted by Crippen LogP contribution is -1.92. The lowest BCUT2D eigenvalue weighted by atomic mass is 10.3. The minimum absolute atomic E-state index is 0.0101. The van der Waals surface area contributed by atoms with Crippen LogP contribution in [-0.4, -0.2) is 16.1 Å². The van der Waals surface area contributed by atoms with Crippen molar-refractivity contribution in [2.45, 2.75) is 25.7 Å². The minimum atomic E-state index is -1.03. The molecule has 2 aromatic heterocycles. The van der Waals surface area contributed by atoms with E-state index >= 15 is 0 Å². The number of rotatable bonds is 3. The number of nitrogens with zero attached hydrogens (tertiary/aromatic N) is 1. The predicted molar refractivity (Wildman–Crippen MR) is 62.6 cm³/mol. The van der Waals surface area contributed by atoms with Crippen molar-refractivity contribution in [3.63, 3.8) is 0 Å². The van der Waals surface area contributed by atoms with Crippen LogP contribution in [0.1, 0.15) is 38.3 Å². The SMILES string of the molecule is O=C(O)c1ccc(Cc2nc3c(s2)CCC3)o1. The second-order valence-electron chi connectivity index (χ2n) is 4.08. The van der Waals surface area contributed by atoms with E-state index in [0.717, 1.165) is 17.8 Å². The molecule has 2 heterocycles. The van der Waals surface area contributed by atoms with Gasteiger partial charge in [-0.15, -0.1) is 11.3 Å². The van der Waals surface area contributed by atoms with Gasteiger partial charge in [0.25, 0.3) is 0 Å². The lowest BCUT2D eigenvalue weighted by Gasteiger charge is -1.92. The average Bonchev–Trinajstić information content (AvgIpc) is 2.91. The molecule has 0 saturated carbocycles. The summed E-state index contributed by atoms with van der Waals surface area (Å²) in [4.78, 5) is 16.6. The van der Waals surface area contributed by atoms with Crippen molar-refractivity contribution in [3.8, 4) is 0 Å². The summed E-state index contributed by atoms with van der Waals surface area (Å²) in [5, 5.41) is 9.77. The number of fused-ring (bicyclic) bond motifs is 1. The third-order valence-corrected chi connectivity index (χ3v) is 4.00. The lowest BCUT2D eigenvalue weighted by molar-refractivity contribution is 0.0660. The average molecular weight is 249 g/mol. The molecular formula is C12H11NO3S. The van der Waals surface area contributed by atoms with Gasteiger partial charge in [0.1, 0.15) is 10.8 Å². The number of aromatic carboxylic acids is 1. The molecule has 0 bridgehead atoms. The molecule has 0 atom stereocenters. The Morgan fingerprint density at radius 3 is 3.06 bits per heavy atom. The van der Waals surface area contributed by atoms with E-state index in [-0.39, 0.29) is 5.76 Å². The first-order chi connectivity index (χ1) is 8.22. The summed E-state index contributed by atoms with van der Waals surface area (Å²) in [6.07, 6.45) is 4.00. The van der Waals surface area contributed by atoms with Gasteiger partial charge in [0.15, 0.2) is 0 Å². The fourth-order valence-electron chi connectivity index (χ4n) is 2.06. The second kappa shape index (κ2) is 4.00. The number of aromatic nitrogens is 1. The predicted octanol–water partition coefficient (Wildman–Crippen LogP) is 2.51. The number of hydrogen-bond acceptors (Lipinski definition) is 4. The van der Waals surface area contributed by atoms with E-state index in [1.807, 2.05) is 0 Å². The normalized spacial score (nSPS) is 13.9. The molecule has 1 N–H and O–H groups in total. The highest BCUT2D eigenvalue weighted by atomic mass is 32.1. The number of carbonyl (C=O) groups is 1. The van der Waals surface area contributed by atoms with Gasteiger partial charge in [-0.3, -0.25) is 0 Å². The van der Waals surface area contributed by atoms with E-state index in [9.17, 15) is 4.79 Å². The zero-order chi connectivity index (χ0) is 11.8. The third-order valence-electron chi connectivity index (χ3n) is 2.84. The summed E-state index contributed by atoms with van der Waals surface area (Å²) < 4.78 is 5.22.